The van der Waals surface area contributed by atoms with Crippen molar-refractivity contribution in [2.45, 2.75) is 39.7 Å². The van der Waals surface area contributed by atoms with Crippen molar-refractivity contribution in [2.75, 3.05) is 26.9 Å². The van der Waals surface area contributed by atoms with Crippen LogP contribution in [-0.4, -0.2) is 48.6 Å². The van der Waals surface area contributed by atoms with Gasteiger partial charge in [-0.15, -0.1) is 0 Å². The largest absolute Gasteiger partial charge is 0.507 e. The van der Waals surface area contributed by atoms with E-state index in [1.165, 1.54) is 4.90 Å². The molecule has 1 saturated heterocycles. The predicted molar refractivity (Wildman–Crippen MR) is 128 cm³/mol. The first-order valence-electron chi connectivity index (χ1n) is 11.5. The number of methoxy groups -OCH3 is 1. The van der Waals surface area contributed by atoms with Crippen LogP contribution in [0, 0.1) is 5.92 Å². The highest BCUT2D eigenvalue weighted by molar-refractivity contribution is 6.46. The maximum Gasteiger partial charge on any atom is 0.295 e. The van der Waals surface area contributed by atoms with Crippen molar-refractivity contribution in [3.63, 3.8) is 0 Å². The molecule has 0 bridgehead atoms. The zero-order valence-corrected chi connectivity index (χ0v) is 19.8. The standard InChI is InChI=1S/C27H33NO5/c1-5-19-10-12-20(13-11-19)24-23(26(30)27(31)28(24)14-7-15-32-4)25(29)21-8-6-9-22(16-21)33-17-18(2)3/h6,8-13,16,18,24,29H,5,7,14-15,17H2,1-4H3/b25-23-. The van der Waals surface area contributed by atoms with E-state index in [0.29, 0.717) is 43.4 Å². The van der Waals surface area contributed by atoms with Gasteiger partial charge in [-0.05, 0) is 42.0 Å². The van der Waals surface area contributed by atoms with Crippen LogP contribution in [-0.2, 0) is 20.7 Å². The van der Waals surface area contributed by atoms with Crippen LogP contribution >= 0.6 is 0 Å². The van der Waals surface area contributed by atoms with E-state index in [2.05, 4.69) is 20.8 Å². The molecule has 176 valence electrons. The van der Waals surface area contributed by atoms with Crippen molar-refractivity contribution < 1.29 is 24.2 Å². The molecule has 33 heavy (non-hydrogen) atoms. The molecule has 0 saturated carbocycles. The molecule has 1 atom stereocenters. The third-order valence-corrected chi connectivity index (χ3v) is 5.68. The van der Waals surface area contributed by atoms with Gasteiger partial charge in [0.1, 0.15) is 11.5 Å². The first-order valence-corrected chi connectivity index (χ1v) is 11.5. The molecule has 0 aromatic heterocycles. The summed E-state index contributed by atoms with van der Waals surface area (Å²) in [6, 6.07) is 14.2. The van der Waals surface area contributed by atoms with Crippen molar-refractivity contribution in [1.29, 1.82) is 0 Å². The number of ketones is 1. The molecular formula is C27H33NO5. The molecule has 3 rings (SSSR count). The fourth-order valence-corrected chi connectivity index (χ4v) is 3.92. The number of aliphatic hydroxyl groups excluding tert-OH is 1. The smallest absolute Gasteiger partial charge is 0.295 e. The van der Waals surface area contributed by atoms with E-state index in [-0.39, 0.29) is 11.3 Å². The monoisotopic (exact) mass is 451 g/mol. The number of Topliss-reactive ketones (excluding diaryl/α,β-unsaturated/α-hetero) is 1. The highest BCUT2D eigenvalue weighted by Gasteiger charge is 2.45. The van der Waals surface area contributed by atoms with Crippen LogP contribution in [0.25, 0.3) is 5.76 Å². The Hall–Kier alpha value is -3.12. The number of aliphatic hydroxyl groups is 1. The van der Waals surface area contributed by atoms with Gasteiger partial charge in [-0.1, -0.05) is 57.2 Å². The topological polar surface area (TPSA) is 76.1 Å². The summed E-state index contributed by atoms with van der Waals surface area (Å²) in [5, 5.41) is 11.2. The van der Waals surface area contributed by atoms with Crippen molar-refractivity contribution >= 4 is 17.4 Å². The zero-order valence-electron chi connectivity index (χ0n) is 19.8. The van der Waals surface area contributed by atoms with Gasteiger partial charge in [0.15, 0.2) is 0 Å². The number of hydrogen-bond acceptors (Lipinski definition) is 5. The molecule has 0 radical (unpaired) electrons. The van der Waals surface area contributed by atoms with E-state index < -0.39 is 17.7 Å². The molecular weight excluding hydrogens is 418 g/mol. The van der Waals surface area contributed by atoms with Gasteiger partial charge in [-0.3, -0.25) is 9.59 Å². The number of aryl methyl sites for hydroxylation is 1. The van der Waals surface area contributed by atoms with Gasteiger partial charge in [0.2, 0.25) is 0 Å². The molecule has 6 heteroatoms. The second-order valence-corrected chi connectivity index (χ2v) is 8.67. The quantitative estimate of drug-likeness (QED) is 0.244. The second-order valence-electron chi connectivity index (χ2n) is 8.67. The van der Waals surface area contributed by atoms with Crippen molar-refractivity contribution in [3.05, 3.63) is 70.8 Å². The van der Waals surface area contributed by atoms with Gasteiger partial charge in [-0.2, -0.15) is 0 Å². The van der Waals surface area contributed by atoms with Crippen LogP contribution in [0.4, 0.5) is 0 Å². The molecule has 2 aromatic rings. The van der Waals surface area contributed by atoms with Crippen molar-refractivity contribution in [3.8, 4) is 5.75 Å². The van der Waals surface area contributed by atoms with E-state index in [1.54, 1.807) is 25.3 Å². The van der Waals surface area contributed by atoms with E-state index in [0.717, 1.165) is 17.5 Å². The molecule has 1 N–H and O–H groups in total. The number of benzene rings is 2. The van der Waals surface area contributed by atoms with E-state index >= 15 is 0 Å². The van der Waals surface area contributed by atoms with Crippen LogP contribution in [0.1, 0.15) is 49.9 Å². The summed E-state index contributed by atoms with van der Waals surface area (Å²) in [7, 11) is 1.60. The molecule has 2 aromatic carbocycles. The maximum atomic E-state index is 13.1. The average Bonchev–Trinajstić information content (AvgIpc) is 3.07. The normalized spacial score (nSPS) is 17.7. The number of likely N-dealkylation sites (tertiary alicyclic amines) is 1. The van der Waals surface area contributed by atoms with Gasteiger partial charge in [0.25, 0.3) is 11.7 Å². The number of carbonyl (C=O) groups is 2. The lowest BCUT2D eigenvalue weighted by Gasteiger charge is -2.25. The Morgan fingerprint density at radius 3 is 2.48 bits per heavy atom. The minimum Gasteiger partial charge on any atom is -0.507 e. The Bertz CT molecular complexity index is 1010. The molecule has 1 aliphatic heterocycles. The lowest BCUT2D eigenvalue weighted by Crippen LogP contribution is -2.31. The van der Waals surface area contributed by atoms with Gasteiger partial charge >= 0.3 is 0 Å². The number of ether oxygens (including phenoxy) is 2. The lowest BCUT2D eigenvalue weighted by atomic mass is 9.94. The molecule has 1 heterocycles. The molecule has 1 fully saturated rings. The first kappa shape index (κ1) is 24.5. The summed E-state index contributed by atoms with van der Waals surface area (Å²) < 4.78 is 10.9. The number of rotatable bonds is 10. The van der Waals surface area contributed by atoms with Crippen LogP contribution in [0.3, 0.4) is 0 Å². The van der Waals surface area contributed by atoms with E-state index in [4.69, 9.17) is 9.47 Å². The number of amides is 1. The molecule has 1 unspecified atom stereocenters. The third-order valence-electron chi connectivity index (χ3n) is 5.68. The number of carbonyl (C=O) groups excluding carboxylic acids is 2. The fraction of sp³-hybridized carbons (Fsp3) is 0.407. The first-order chi connectivity index (χ1) is 15.9. The summed E-state index contributed by atoms with van der Waals surface area (Å²) in [4.78, 5) is 27.6. The van der Waals surface area contributed by atoms with E-state index in [1.807, 2.05) is 30.3 Å². The zero-order chi connectivity index (χ0) is 24.0. The summed E-state index contributed by atoms with van der Waals surface area (Å²) in [6.45, 7) is 7.54. The molecule has 1 aliphatic rings. The summed E-state index contributed by atoms with van der Waals surface area (Å²) in [5.74, 6) is -0.522. The molecule has 0 spiro atoms. The molecule has 6 nitrogen and oxygen atoms in total. The highest BCUT2D eigenvalue weighted by Crippen LogP contribution is 2.39. The van der Waals surface area contributed by atoms with Crippen LogP contribution in [0.2, 0.25) is 0 Å². The SMILES string of the molecule is CCc1ccc(C2/C(=C(/O)c3cccc(OCC(C)C)c3)C(=O)C(=O)N2CCCOC)cc1. The molecule has 1 amide bonds. The number of hydrogen-bond donors (Lipinski definition) is 1. The predicted octanol–water partition coefficient (Wildman–Crippen LogP) is 4.74. The summed E-state index contributed by atoms with van der Waals surface area (Å²) in [5.41, 5.74) is 2.49. The van der Waals surface area contributed by atoms with Gasteiger partial charge in [0.05, 0.1) is 18.2 Å². The Balaban J connectivity index is 2.05. The molecule has 0 aliphatic carbocycles. The summed E-state index contributed by atoms with van der Waals surface area (Å²) in [6.07, 6.45) is 1.48. The Labute approximate surface area is 195 Å². The second kappa shape index (κ2) is 11.1. The Morgan fingerprint density at radius 1 is 1.12 bits per heavy atom. The highest BCUT2D eigenvalue weighted by atomic mass is 16.5. The van der Waals surface area contributed by atoms with Gasteiger partial charge in [0, 0.05) is 25.8 Å². The Morgan fingerprint density at radius 2 is 1.85 bits per heavy atom. The van der Waals surface area contributed by atoms with E-state index in [9.17, 15) is 14.7 Å². The van der Waals surface area contributed by atoms with Crippen molar-refractivity contribution in [1.82, 2.24) is 4.90 Å². The minimum atomic E-state index is -0.678. The van der Waals surface area contributed by atoms with Crippen LogP contribution < -0.4 is 4.74 Å². The average molecular weight is 452 g/mol. The fourth-order valence-electron chi connectivity index (χ4n) is 3.92. The third kappa shape index (κ3) is 5.63. The van der Waals surface area contributed by atoms with Crippen LogP contribution in [0.15, 0.2) is 54.1 Å². The van der Waals surface area contributed by atoms with Gasteiger partial charge < -0.3 is 19.5 Å². The van der Waals surface area contributed by atoms with Crippen LogP contribution in [0.5, 0.6) is 5.75 Å². The maximum absolute atomic E-state index is 13.1. The number of nitrogens with zero attached hydrogens (tertiary/aromatic N) is 1. The van der Waals surface area contributed by atoms with Crippen molar-refractivity contribution in [2.24, 2.45) is 5.92 Å². The summed E-state index contributed by atoms with van der Waals surface area (Å²) >= 11 is 0. The van der Waals surface area contributed by atoms with Gasteiger partial charge in [-0.25, -0.2) is 0 Å². The lowest BCUT2D eigenvalue weighted by molar-refractivity contribution is -0.140. The minimum absolute atomic E-state index is 0.0997. The Kier molecular flexibility index (Phi) is 8.28.